The molecule has 13 heteroatoms. The molecule has 0 radical (unpaired) electrons. The molecule has 0 aromatic carbocycles. The number of aliphatic hydroxyl groups is 1. The highest BCUT2D eigenvalue weighted by molar-refractivity contribution is 7.19. The number of anilines is 3. The predicted molar refractivity (Wildman–Crippen MR) is 191 cm³/mol. The van der Waals surface area contributed by atoms with Gasteiger partial charge in [-0.15, -0.1) is 11.3 Å². The lowest BCUT2D eigenvalue weighted by Crippen LogP contribution is -2.60. The molecule has 254 valence electrons. The van der Waals surface area contributed by atoms with Crippen LogP contribution < -0.4 is 21.3 Å². The SMILES string of the molecule is CC[C@H]1CN(C2COC2)CCN1c1ccc(Nc2cc(-c3ccnc(-n4ncc5c6c(sc5c4=O)CCCC6)c3CO)cn(C)c2=O)nc1. The number of ether oxygens (including phenoxy) is 1. The van der Waals surface area contributed by atoms with Crippen molar-refractivity contribution in [1.29, 1.82) is 0 Å². The first-order chi connectivity index (χ1) is 23.9. The molecule has 0 amide bonds. The van der Waals surface area contributed by atoms with Crippen molar-refractivity contribution < 1.29 is 9.84 Å². The second-order valence-corrected chi connectivity index (χ2v) is 14.3. The van der Waals surface area contributed by atoms with E-state index >= 15 is 0 Å². The number of hydrogen-bond donors (Lipinski definition) is 2. The number of rotatable bonds is 8. The van der Waals surface area contributed by atoms with Crippen LogP contribution in [-0.2, 0) is 31.2 Å². The van der Waals surface area contributed by atoms with Gasteiger partial charge in [-0.05, 0) is 67.5 Å². The molecule has 0 spiro atoms. The number of aliphatic hydroxyl groups excluding tert-OH is 1. The van der Waals surface area contributed by atoms with Crippen molar-refractivity contribution in [2.24, 2.45) is 7.05 Å². The molecular weight excluding hydrogens is 641 g/mol. The molecule has 8 rings (SSSR count). The van der Waals surface area contributed by atoms with Crippen LogP contribution in [0.5, 0.6) is 0 Å². The van der Waals surface area contributed by atoms with Crippen LogP contribution in [0.2, 0.25) is 0 Å². The maximum absolute atomic E-state index is 13.8. The zero-order valence-corrected chi connectivity index (χ0v) is 28.6. The second-order valence-electron chi connectivity index (χ2n) is 13.2. The van der Waals surface area contributed by atoms with Gasteiger partial charge in [-0.2, -0.15) is 9.78 Å². The third-order valence-corrected chi connectivity index (χ3v) is 11.5. The summed E-state index contributed by atoms with van der Waals surface area (Å²) in [5, 5.41) is 19.3. The lowest BCUT2D eigenvalue weighted by Gasteiger charge is -2.47. The van der Waals surface area contributed by atoms with Gasteiger partial charge in [0.15, 0.2) is 5.82 Å². The summed E-state index contributed by atoms with van der Waals surface area (Å²) in [6.45, 7) is 6.44. The molecule has 49 heavy (non-hydrogen) atoms. The van der Waals surface area contributed by atoms with Gasteiger partial charge in [-0.1, -0.05) is 6.92 Å². The average Bonchev–Trinajstić information content (AvgIpc) is 3.49. The molecule has 3 aliphatic rings. The van der Waals surface area contributed by atoms with Gasteiger partial charge in [0.1, 0.15) is 16.2 Å². The van der Waals surface area contributed by atoms with Gasteiger partial charge in [0, 0.05) is 66.5 Å². The Morgan fingerprint density at radius 3 is 2.67 bits per heavy atom. The number of pyridine rings is 3. The first kappa shape index (κ1) is 31.8. The molecule has 0 saturated carbocycles. The molecule has 2 aliphatic heterocycles. The van der Waals surface area contributed by atoms with Crippen molar-refractivity contribution in [3.8, 4) is 16.9 Å². The van der Waals surface area contributed by atoms with Gasteiger partial charge in [-0.25, -0.2) is 9.97 Å². The Labute approximate surface area is 287 Å². The smallest absolute Gasteiger partial charge is 0.290 e. The third kappa shape index (κ3) is 5.74. The number of aryl methyl sites for hydroxylation is 3. The Morgan fingerprint density at radius 1 is 1.06 bits per heavy atom. The zero-order valence-electron chi connectivity index (χ0n) is 27.8. The molecule has 0 unspecified atom stereocenters. The van der Waals surface area contributed by atoms with E-state index in [1.165, 1.54) is 19.7 Å². The van der Waals surface area contributed by atoms with Gasteiger partial charge >= 0.3 is 0 Å². The number of fused-ring (bicyclic) bond motifs is 3. The Bertz CT molecular complexity index is 2140. The molecule has 2 saturated heterocycles. The van der Waals surface area contributed by atoms with Crippen LogP contribution >= 0.6 is 11.3 Å². The molecule has 5 aromatic heterocycles. The summed E-state index contributed by atoms with van der Waals surface area (Å²) in [7, 11) is 1.69. The summed E-state index contributed by atoms with van der Waals surface area (Å²) in [5.41, 5.74) is 3.94. The van der Waals surface area contributed by atoms with Gasteiger partial charge < -0.3 is 24.6 Å². The van der Waals surface area contributed by atoms with Crippen molar-refractivity contribution >= 4 is 38.6 Å². The van der Waals surface area contributed by atoms with E-state index in [1.54, 1.807) is 49.1 Å². The standard InChI is InChI=1S/C36H40N8O4S/c1-3-23-18-42(25-20-48-21-25)12-13-43(23)24-8-9-32(38-15-24)40-30-14-22(17-41(2)35(30)46)26-10-11-37-34(29(26)19-45)44-36(47)33-28(16-39-44)27-6-4-5-7-31(27)49-33/h8-11,14-17,23,25,45H,3-7,12-13,18-21H2,1-2H3,(H,38,40)/t23-/m0/s1. The molecule has 7 heterocycles. The normalized spacial score (nSPS) is 18.4. The minimum Gasteiger partial charge on any atom is -0.392 e. The predicted octanol–water partition coefficient (Wildman–Crippen LogP) is 4.02. The van der Waals surface area contributed by atoms with E-state index in [-0.39, 0.29) is 23.5 Å². The maximum atomic E-state index is 13.8. The topological polar surface area (TPSA) is 131 Å². The summed E-state index contributed by atoms with van der Waals surface area (Å²) in [6, 6.07) is 8.42. The highest BCUT2D eigenvalue weighted by Gasteiger charge is 2.33. The fraction of sp³-hybridized carbons (Fsp3) is 0.417. The first-order valence-electron chi connectivity index (χ1n) is 17.1. The van der Waals surface area contributed by atoms with Crippen molar-refractivity contribution in [1.82, 2.24) is 29.2 Å². The fourth-order valence-corrected chi connectivity index (χ4v) is 8.73. The van der Waals surface area contributed by atoms with E-state index in [9.17, 15) is 14.7 Å². The van der Waals surface area contributed by atoms with E-state index in [2.05, 4.69) is 43.2 Å². The van der Waals surface area contributed by atoms with Crippen molar-refractivity contribution in [3.63, 3.8) is 0 Å². The summed E-state index contributed by atoms with van der Waals surface area (Å²) in [5.74, 6) is 0.822. The van der Waals surface area contributed by atoms with E-state index in [0.29, 0.717) is 45.0 Å². The molecular formula is C36H40N8O4S. The van der Waals surface area contributed by atoms with Crippen LogP contribution in [0.25, 0.3) is 27.0 Å². The van der Waals surface area contributed by atoms with Crippen LogP contribution in [-0.4, -0.2) is 79.3 Å². The fourth-order valence-electron chi connectivity index (χ4n) is 7.44. The monoisotopic (exact) mass is 680 g/mol. The van der Waals surface area contributed by atoms with Gasteiger partial charge in [0.2, 0.25) is 0 Å². The molecule has 1 atom stereocenters. The Balaban J connectivity index is 1.08. The molecule has 2 fully saturated rings. The van der Waals surface area contributed by atoms with Crippen molar-refractivity contribution in [2.45, 2.75) is 57.7 Å². The molecule has 1 aliphatic carbocycles. The first-order valence-corrected chi connectivity index (χ1v) is 17.9. The molecule has 2 N–H and O–H groups in total. The average molecular weight is 681 g/mol. The van der Waals surface area contributed by atoms with Crippen LogP contribution in [0, 0.1) is 0 Å². The number of aromatic nitrogens is 5. The highest BCUT2D eigenvalue weighted by Crippen LogP contribution is 2.35. The molecule has 5 aromatic rings. The molecule has 0 bridgehead atoms. The van der Waals surface area contributed by atoms with Gasteiger partial charge in [-0.3, -0.25) is 14.5 Å². The van der Waals surface area contributed by atoms with E-state index in [4.69, 9.17) is 4.74 Å². The Hall–Kier alpha value is -4.43. The van der Waals surface area contributed by atoms with Gasteiger partial charge in [0.05, 0.1) is 43.9 Å². The Kier molecular flexibility index (Phi) is 8.52. The quantitative estimate of drug-likeness (QED) is 0.248. The number of hydrogen-bond acceptors (Lipinski definition) is 11. The summed E-state index contributed by atoms with van der Waals surface area (Å²) < 4.78 is 8.87. The van der Waals surface area contributed by atoms with Gasteiger partial charge in [0.25, 0.3) is 11.1 Å². The number of thiophene rings is 1. The lowest BCUT2D eigenvalue weighted by atomic mass is 9.97. The summed E-state index contributed by atoms with van der Waals surface area (Å²) in [4.78, 5) is 42.5. The van der Waals surface area contributed by atoms with Crippen LogP contribution in [0.15, 0.2) is 58.6 Å². The summed E-state index contributed by atoms with van der Waals surface area (Å²) >= 11 is 1.54. The maximum Gasteiger partial charge on any atom is 0.290 e. The largest absolute Gasteiger partial charge is 0.392 e. The highest BCUT2D eigenvalue weighted by atomic mass is 32.1. The summed E-state index contributed by atoms with van der Waals surface area (Å²) in [6.07, 6.45) is 12.2. The Morgan fingerprint density at radius 2 is 1.92 bits per heavy atom. The zero-order chi connectivity index (χ0) is 33.6. The van der Waals surface area contributed by atoms with Crippen LogP contribution in [0.4, 0.5) is 17.2 Å². The van der Waals surface area contributed by atoms with E-state index in [0.717, 1.165) is 76.0 Å². The van der Waals surface area contributed by atoms with Crippen LogP contribution in [0.3, 0.4) is 0 Å². The van der Waals surface area contributed by atoms with Crippen molar-refractivity contribution in [2.75, 3.05) is 43.1 Å². The number of nitrogens with zero attached hydrogens (tertiary/aromatic N) is 7. The minimum atomic E-state index is -0.373. The second kappa shape index (κ2) is 13.1. The van der Waals surface area contributed by atoms with Crippen LogP contribution in [0.1, 0.15) is 42.2 Å². The van der Waals surface area contributed by atoms with E-state index in [1.807, 2.05) is 12.3 Å². The third-order valence-electron chi connectivity index (χ3n) is 10.3. The van der Waals surface area contributed by atoms with Crippen molar-refractivity contribution in [3.05, 3.63) is 85.8 Å². The minimum absolute atomic E-state index is 0.221. The molecule has 12 nitrogen and oxygen atoms in total. The van der Waals surface area contributed by atoms with E-state index < -0.39 is 0 Å². The number of nitrogens with one attached hydrogen (secondary N) is 1. The lowest BCUT2D eigenvalue weighted by molar-refractivity contribution is -0.0698. The number of piperazine rings is 1.